The number of likely N-dealkylation sites (N-methyl/N-ethyl adjacent to an activating group) is 1. The van der Waals surface area contributed by atoms with Gasteiger partial charge < -0.3 is 19.4 Å². The Balaban J connectivity index is 1.81. The highest BCUT2D eigenvalue weighted by Gasteiger charge is 2.33. The molecule has 31 heavy (non-hydrogen) atoms. The molecule has 0 bridgehead atoms. The highest BCUT2D eigenvalue weighted by Crippen LogP contribution is 2.37. The molecule has 1 amide bonds. The summed E-state index contributed by atoms with van der Waals surface area (Å²) in [5, 5.41) is 11.6. The molecule has 1 aliphatic rings. The standard InChI is InChI=1S/C23H27N5O3/c1-14(2)28-13-15(3)19(12-24-4)30-20-17(6-5-7-18(20)23(28)29)22-27-26-21(31-22)16-8-10-25-11-9-16/h5-11,14-15,19,24H,12-13H2,1-4H3/t15-,19?/m0/s1. The lowest BCUT2D eigenvalue weighted by Crippen LogP contribution is -2.47. The number of pyridine rings is 1. The zero-order chi connectivity index (χ0) is 22.0. The van der Waals surface area contributed by atoms with Crippen LogP contribution in [0.3, 0.4) is 0 Å². The zero-order valence-electron chi connectivity index (χ0n) is 18.2. The molecule has 0 fully saturated rings. The number of carbonyl (C=O) groups is 1. The Labute approximate surface area is 181 Å². The predicted octanol–water partition coefficient (Wildman–Crippen LogP) is 3.27. The first kappa shape index (κ1) is 21.0. The van der Waals surface area contributed by atoms with Gasteiger partial charge in [-0.05, 0) is 45.2 Å². The molecule has 2 atom stereocenters. The molecule has 0 saturated carbocycles. The molecule has 1 unspecified atom stereocenters. The lowest BCUT2D eigenvalue weighted by atomic mass is 9.98. The number of fused-ring (bicyclic) bond motifs is 1. The van der Waals surface area contributed by atoms with Gasteiger partial charge in [0, 0.05) is 43.0 Å². The second kappa shape index (κ2) is 8.85. The van der Waals surface area contributed by atoms with Gasteiger partial charge in [-0.3, -0.25) is 9.78 Å². The Morgan fingerprint density at radius 2 is 1.84 bits per heavy atom. The molecule has 162 valence electrons. The van der Waals surface area contributed by atoms with Gasteiger partial charge in [-0.1, -0.05) is 13.0 Å². The maximum atomic E-state index is 13.4. The molecule has 8 heteroatoms. The van der Waals surface area contributed by atoms with Crippen LogP contribution in [0, 0.1) is 5.92 Å². The van der Waals surface area contributed by atoms with Crippen LogP contribution in [-0.2, 0) is 0 Å². The molecular formula is C23H27N5O3. The average molecular weight is 422 g/mol. The van der Waals surface area contributed by atoms with Crippen LogP contribution < -0.4 is 10.1 Å². The topological polar surface area (TPSA) is 93.4 Å². The number of carbonyl (C=O) groups excluding carboxylic acids is 1. The van der Waals surface area contributed by atoms with Crippen molar-refractivity contribution >= 4 is 5.91 Å². The van der Waals surface area contributed by atoms with Crippen LogP contribution in [0.4, 0.5) is 0 Å². The first-order valence-electron chi connectivity index (χ1n) is 10.5. The van der Waals surface area contributed by atoms with Crippen molar-refractivity contribution in [2.75, 3.05) is 20.1 Å². The van der Waals surface area contributed by atoms with E-state index in [9.17, 15) is 4.79 Å². The van der Waals surface area contributed by atoms with Gasteiger partial charge in [0.05, 0.1) is 11.1 Å². The van der Waals surface area contributed by atoms with E-state index < -0.39 is 0 Å². The minimum atomic E-state index is -0.123. The molecule has 8 nitrogen and oxygen atoms in total. The van der Waals surface area contributed by atoms with Crippen LogP contribution in [0.25, 0.3) is 22.9 Å². The fourth-order valence-corrected chi connectivity index (χ4v) is 3.77. The highest BCUT2D eigenvalue weighted by molar-refractivity contribution is 5.99. The van der Waals surface area contributed by atoms with E-state index in [2.05, 4.69) is 27.4 Å². The van der Waals surface area contributed by atoms with Crippen molar-refractivity contribution in [3.63, 3.8) is 0 Å². The van der Waals surface area contributed by atoms with Gasteiger partial charge in [0.15, 0.2) is 0 Å². The van der Waals surface area contributed by atoms with E-state index in [-0.39, 0.29) is 24.0 Å². The number of hydrogen-bond acceptors (Lipinski definition) is 7. The van der Waals surface area contributed by atoms with Crippen molar-refractivity contribution in [2.45, 2.75) is 32.9 Å². The van der Waals surface area contributed by atoms with Gasteiger partial charge in [0.25, 0.3) is 11.8 Å². The van der Waals surface area contributed by atoms with Gasteiger partial charge in [-0.15, -0.1) is 10.2 Å². The Hall–Kier alpha value is -3.26. The van der Waals surface area contributed by atoms with Gasteiger partial charge in [0.1, 0.15) is 11.9 Å². The first-order valence-corrected chi connectivity index (χ1v) is 10.5. The SMILES string of the molecule is CNCC1Oc2c(cccc2-c2nnc(-c3ccncc3)o2)C(=O)N(C(C)C)C[C@@H]1C. The molecular weight excluding hydrogens is 394 g/mol. The maximum Gasteiger partial charge on any atom is 0.257 e. The van der Waals surface area contributed by atoms with Crippen LogP contribution in [0.2, 0.25) is 0 Å². The van der Waals surface area contributed by atoms with Crippen LogP contribution in [-0.4, -0.2) is 58.3 Å². The average Bonchev–Trinajstić information content (AvgIpc) is 3.26. The molecule has 0 radical (unpaired) electrons. The number of amides is 1. The van der Waals surface area contributed by atoms with Gasteiger partial charge in [-0.25, -0.2) is 0 Å². The summed E-state index contributed by atoms with van der Waals surface area (Å²) in [6.45, 7) is 7.44. The molecule has 0 aliphatic carbocycles. The summed E-state index contributed by atoms with van der Waals surface area (Å²) in [5.74, 6) is 1.25. The number of hydrogen-bond donors (Lipinski definition) is 1. The Bertz CT molecular complexity index is 1050. The summed E-state index contributed by atoms with van der Waals surface area (Å²) in [6, 6.07) is 9.14. The molecule has 3 aromatic rings. The summed E-state index contributed by atoms with van der Waals surface area (Å²) < 4.78 is 12.4. The molecule has 0 spiro atoms. The number of rotatable bonds is 5. The third kappa shape index (κ3) is 4.16. The van der Waals surface area contributed by atoms with Crippen molar-refractivity contribution in [1.82, 2.24) is 25.4 Å². The second-order valence-corrected chi connectivity index (χ2v) is 8.07. The number of nitrogens with zero attached hydrogens (tertiary/aromatic N) is 4. The number of nitrogens with one attached hydrogen (secondary N) is 1. The van der Waals surface area contributed by atoms with E-state index in [0.717, 1.165) is 5.56 Å². The number of para-hydroxylation sites is 1. The van der Waals surface area contributed by atoms with Crippen molar-refractivity contribution in [1.29, 1.82) is 0 Å². The fourth-order valence-electron chi connectivity index (χ4n) is 3.77. The van der Waals surface area contributed by atoms with Crippen LogP contribution in [0.15, 0.2) is 47.1 Å². The number of benzene rings is 1. The van der Waals surface area contributed by atoms with E-state index in [1.807, 2.05) is 37.9 Å². The summed E-state index contributed by atoms with van der Waals surface area (Å²) in [6.07, 6.45) is 3.22. The lowest BCUT2D eigenvalue weighted by Gasteiger charge is -2.36. The van der Waals surface area contributed by atoms with E-state index in [0.29, 0.717) is 41.7 Å². The highest BCUT2D eigenvalue weighted by atomic mass is 16.5. The molecule has 1 aromatic carbocycles. The first-order chi connectivity index (χ1) is 15.0. The third-order valence-corrected chi connectivity index (χ3v) is 5.51. The largest absolute Gasteiger partial charge is 0.487 e. The van der Waals surface area contributed by atoms with E-state index in [4.69, 9.17) is 9.15 Å². The monoisotopic (exact) mass is 421 g/mol. The smallest absolute Gasteiger partial charge is 0.257 e. The summed E-state index contributed by atoms with van der Waals surface area (Å²) in [7, 11) is 1.89. The van der Waals surface area contributed by atoms with E-state index >= 15 is 0 Å². The Morgan fingerprint density at radius 3 is 2.55 bits per heavy atom. The summed E-state index contributed by atoms with van der Waals surface area (Å²) in [4.78, 5) is 19.3. The van der Waals surface area contributed by atoms with Crippen LogP contribution >= 0.6 is 0 Å². The zero-order valence-corrected chi connectivity index (χ0v) is 18.2. The van der Waals surface area contributed by atoms with Crippen molar-refractivity contribution in [3.8, 4) is 28.7 Å². The normalized spacial score (nSPS) is 19.0. The molecule has 0 saturated heterocycles. The van der Waals surface area contributed by atoms with Gasteiger partial charge >= 0.3 is 0 Å². The molecule has 3 heterocycles. The van der Waals surface area contributed by atoms with Crippen molar-refractivity contribution in [3.05, 3.63) is 48.3 Å². The van der Waals surface area contributed by atoms with Gasteiger partial charge in [-0.2, -0.15) is 0 Å². The molecule has 1 N–H and O–H groups in total. The Morgan fingerprint density at radius 1 is 1.13 bits per heavy atom. The van der Waals surface area contributed by atoms with Gasteiger partial charge in [0.2, 0.25) is 5.89 Å². The number of aromatic nitrogens is 3. The van der Waals surface area contributed by atoms with Crippen molar-refractivity contribution < 1.29 is 13.9 Å². The Kier molecular flexibility index (Phi) is 5.99. The fraction of sp³-hybridized carbons (Fsp3) is 0.391. The summed E-state index contributed by atoms with van der Waals surface area (Å²) >= 11 is 0. The predicted molar refractivity (Wildman–Crippen MR) is 117 cm³/mol. The molecule has 1 aliphatic heterocycles. The molecule has 2 aromatic heterocycles. The van der Waals surface area contributed by atoms with Crippen molar-refractivity contribution in [2.24, 2.45) is 5.92 Å². The lowest BCUT2D eigenvalue weighted by molar-refractivity contribution is 0.0516. The van der Waals surface area contributed by atoms with Crippen LogP contribution in [0.1, 0.15) is 31.1 Å². The second-order valence-electron chi connectivity index (χ2n) is 8.07. The van der Waals surface area contributed by atoms with E-state index in [1.54, 1.807) is 30.6 Å². The minimum absolute atomic E-state index is 0.0597. The maximum absolute atomic E-state index is 13.4. The quantitative estimate of drug-likeness (QED) is 0.676. The van der Waals surface area contributed by atoms with Crippen LogP contribution in [0.5, 0.6) is 5.75 Å². The third-order valence-electron chi connectivity index (χ3n) is 5.51. The number of ether oxygens (including phenoxy) is 1. The minimum Gasteiger partial charge on any atom is -0.487 e. The van der Waals surface area contributed by atoms with E-state index in [1.165, 1.54) is 0 Å². The summed E-state index contributed by atoms with van der Waals surface area (Å²) in [5.41, 5.74) is 1.89. The molecule has 4 rings (SSSR count).